The Morgan fingerprint density at radius 1 is 1.06 bits per heavy atom. The minimum absolute atomic E-state index is 0.0482. The standard InChI is InChI=1S/C24H27N3O4/c1-2-31-24(30)16-19-15-23(29)27(21-13-7-6-12-20(21)26-19)17-22(28)25-14-8-11-18-9-4-3-5-10-18/h3-7,9-10,12-13,15,26H,2,8,11,14,16-17H2,1H3,(H,25,28). The van der Waals surface area contributed by atoms with Crippen molar-refractivity contribution in [1.82, 2.24) is 5.32 Å². The summed E-state index contributed by atoms with van der Waals surface area (Å²) < 4.78 is 4.98. The van der Waals surface area contributed by atoms with E-state index in [1.165, 1.54) is 16.5 Å². The Labute approximate surface area is 182 Å². The fourth-order valence-corrected chi connectivity index (χ4v) is 3.36. The number of carbonyl (C=O) groups is 3. The van der Waals surface area contributed by atoms with Gasteiger partial charge in [-0.25, -0.2) is 0 Å². The van der Waals surface area contributed by atoms with Crippen LogP contribution in [0.3, 0.4) is 0 Å². The van der Waals surface area contributed by atoms with Crippen molar-refractivity contribution in [2.24, 2.45) is 0 Å². The van der Waals surface area contributed by atoms with E-state index in [-0.39, 0.29) is 31.4 Å². The zero-order valence-corrected chi connectivity index (χ0v) is 17.6. The van der Waals surface area contributed by atoms with E-state index in [9.17, 15) is 14.4 Å². The molecule has 2 aromatic carbocycles. The van der Waals surface area contributed by atoms with Crippen molar-refractivity contribution in [3.8, 4) is 0 Å². The molecule has 162 valence electrons. The predicted molar refractivity (Wildman–Crippen MR) is 120 cm³/mol. The third-order valence-corrected chi connectivity index (χ3v) is 4.80. The number of aryl methyl sites for hydroxylation is 1. The normalized spacial score (nSPS) is 12.9. The zero-order valence-electron chi connectivity index (χ0n) is 17.6. The lowest BCUT2D eigenvalue weighted by Gasteiger charge is -2.21. The van der Waals surface area contributed by atoms with E-state index in [2.05, 4.69) is 22.8 Å². The highest BCUT2D eigenvalue weighted by molar-refractivity contribution is 6.09. The molecule has 0 radical (unpaired) electrons. The van der Waals surface area contributed by atoms with Crippen LogP contribution in [0.2, 0.25) is 0 Å². The number of nitrogens with zero attached hydrogens (tertiary/aromatic N) is 1. The number of fused-ring (bicyclic) bond motifs is 1. The molecule has 0 spiro atoms. The first-order chi connectivity index (χ1) is 15.1. The SMILES string of the molecule is CCOC(=O)CC1=CC(=O)N(CC(=O)NCCCc2ccccc2)c2ccccc2N1. The van der Waals surface area contributed by atoms with Gasteiger partial charge in [0.05, 0.1) is 24.4 Å². The summed E-state index contributed by atoms with van der Waals surface area (Å²) in [6, 6.07) is 17.3. The average molecular weight is 421 g/mol. The van der Waals surface area contributed by atoms with Gasteiger partial charge in [0.15, 0.2) is 0 Å². The molecule has 2 aromatic rings. The predicted octanol–water partition coefficient (Wildman–Crippen LogP) is 3.03. The molecule has 1 heterocycles. The van der Waals surface area contributed by atoms with Crippen molar-refractivity contribution in [2.45, 2.75) is 26.2 Å². The van der Waals surface area contributed by atoms with Crippen LogP contribution in [0, 0.1) is 0 Å². The lowest BCUT2D eigenvalue weighted by atomic mass is 10.1. The molecule has 0 saturated heterocycles. The maximum Gasteiger partial charge on any atom is 0.311 e. The highest BCUT2D eigenvalue weighted by Gasteiger charge is 2.24. The molecule has 1 aliphatic heterocycles. The van der Waals surface area contributed by atoms with Gasteiger partial charge in [0.25, 0.3) is 5.91 Å². The van der Waals surface area contributed by atoms with E-state index < -0.39 is 5.97 Å². The van der Waals surface area contributed by atoms with E-state index >= 15 is 0 Å². The van der Waals surface area contributed by atoms with Crippen molar-refractivity contribution in [1.29, 1.82) is 0 Å². The van der Waals surface area contributed by atoms with Crippen LogP contribution in [-0.4, -0.2) is 37.5 Å². The summed E-state index contributed by atoms with van der Waals surface area (Å²) in [7, 11) is 0. The average Bonchev–Trinajstić information content (AvgIpc) is 2.88. The summed E-state index contributed by atoms with van der Waals surface area (Å²) in [5.74, 6) is -1.02. The second kappa shape index (κ2) is 11.0. The van der Waals surface area contributed by atoms with Crippen LogP contribution >= 0.6 is 0 Å². The summed E-state index contributed by atoms with van der Waals surface area (Å²) in [6.45, 7) is 2.42. The first-order valence-electron chi connectivity index (χ1n) is 10.4. The van der Waals surface area contributed by atoms with Gasteiger partial charge in [-0.1, -0.05) is 42.5 Å². The Morgan fingerprint density at radius 3 is 2.58 bits per heavy atom. The van der Waals surface area contributed by atoms with Crippen molar-refractivity contribution < 1.29 is 19.1 Å². The van der Waals surface area contributed by atoms with Crippen molar-refractivity contribution in [3.05, 3.63) is 71.9 Å². The van der Waals surface area contributed by atoms with Gasteiger partial charge in [0.2, 0.25) is 5.91 Å². The van der Waals surface area contributed by atoms with Gasteiger partial charge in [-0.15, -0.1) is 0 Å². The first kappa shape index (κ1) is 22.1. The Morgan fingerprint density at radius 2 is 1.81 bits per heavy atom. The number of anilines is 2. The molecular formula is C24H27N3O4. The van der Waals surface area contributed by atoms with Crippen molar-refractivity contribution in [3.63, 3.8) is 0 Å². The van der Waals surface area contributed by atoms with Crippen molar-refractivity contribution >= 4 is 29.2 Å². The lowest BCUT2D eigenvalue weighted by Crippen LogP contribution is -2.40. The third-order valence-electron chi connectivity index (χ3n) is 4.80. The van der Waals surface area contributed by atoms with Crippen LogP contribution in [0.5, 0.6) is 0 Å². The second-order valence-corrected chi connectivity index (χ2v) is 7.16. The summed E-state index contributed by atoms with van der Waals surface area (Å²) in [5, 5.41) is 6.00. The number of hydrogen-bond donors (Lipinski definition) is 2. The third kappa shape index (κ3) is 6.44. The summed E-state index contributed by atoms with van der Waals surface area (Å²) in [6.07, 6.45) is 2.98. The van der Waals surface area contributed by atoms with Gasteiger partial charge in [-0.3, -0.25) is 19.3 Å². The number of ether oxygens (including phenoxy) is 1. The first-order valence-corrected chi connectivity index (χ1v) is 10.4. The van der Waals surface area contributed by atoms with E-state index in [0.717, 1.165) is 12.8 Å². The molecule has 0 bridgehead atoms. The maximum absolute atomic E-state index is 12.9. The van der Waals surface area contributed by atoms with Crippen LogP contribution in [-0.2, 0) is 25.5 Å². The minimum Gasteiger partial charge on any atom is -0.466 e. The largest absolute Gasteiger partial charge is 0.466 e. The van der Waals surface area contributed by atoms with Crippen LogP contribution in [0.1, 0.15) is 25.3 Å². The number of para-hydroxylation sites is 2. The van der Waals surface area contributed by atoms with Crippen LogP contribution in [0.15, 0.2) is 66.4 Å². The Hall–Kier alpha value is -3.61. The number of nitrogens with one attached hydrogen (secondary N) is 2. The Kier molecular flexibility index (Phi) is 7.81. The monoisotopic (exact) mass is 421 g/mol. The number of carbonyl (C=O) groups excluding carboxylic acids is 3. The molecule has 7 heteroatoms. The molecule has 7 nitrogen and oxygen atoms in total. The Balaban J connectivity index is 1.62. The molecule has 0 saturated carbocycles. The second-order valence-electron chi connectivity index (χ2n) is 7.16. The lowest BCUT2D eigenvalue weighted by molar-refractivity contribution is -0.142. The molecule has 0 aromatic heterocycles. The molecule has 0 unspecified atom stereocenters. The number of esters is 1. The van der Waals surface area contributed by atoms with E-state index in [0.29, 0.717) is 23.6 Å². The number of benzene rings is 2. The highest BCUT2D eigenvalue weighted by atomic mass is 16.5. The molecule has 0 atom stereocenters. The number of hydrogen-bond acceptors (Lipinski definition) is 5. The smallest absolute Gasteiger partial charge is 0.311 e. The molecule has 1 aliphatic rings. The summed E-state index contributed by atoms with van der Waals surface area (Å²) in [5.41, 5.74) is 2.89. The molecule has 0 aliphatic carbocycles. The van der Waals surface area contributed by atoms with Gasteiger partial charge in [0.1, 0.15) is 6.54 Å². The quantitative estimate of drug-likeness (QED) is 0.480. The maximum atomic E-state index is 12.9. The van der Waals surface area contributed by atoms with E-state index in [4.69, 9.17) is 4.74 Å². The Bertz CT molecular complexity index is 956. The van der Waals surface area contributed by atoms with Crippen LogP contribution in [0.4, 0.5) is 11.4 Å². The van der Waals surface area contributed by atoms with Gasteiger partial charge in [-0.2, -0.15) is 0 Å². The number of rotatable bonds is 9. The van der Waals surface area contributed by atoms with Crippen molar-refractivity contribution in [2.75, 3.05) is 29.9 Å². The van der Waals surface area contributed by atoms with Crippen LogP contribution in [0.25, 0.3) is 0 Å². The van der Waals surface area contributed by atoms with Gasteiger partial charge >= 0.3 is 5.97 Å². The fraction of sp³-hybridized carbons (Fsp3) is 0.292. The van der Waals surface area contributed by atoms with Gasteiger partial charge in [-0.05, 0) is 37.5 Å². The van der Waals surface area contributed by atoms with E-state index in [1.807, 2.05) is 24.3 Å². The zero-order chi connectivity index (χ0) is 22.1. The number of amides is 2. The highest BCUT2D eigenvalue weighted by Crippen LogP contribution is 2.30. The molecule has 31 heavy (non-hydrogen) atoms. The molecular weight excluding hydrogens is 394 g/mol. The topological polar surface area (TPSA) is 87.7 Å². The van der Waals surface area contributed by atoms with E-state index in [1.54, 1.807) is 25.1 Å². The molecule has 2 amide bonds. The molecule has 0 fully saturated rings. The molecule has 2 N–H and O–H groups in total. The minimum atomic E-state index is -0.420. The summed E-state index contributed by atoms with van der Waals surface area (Å²) >= 11 is 0. The summed E-state index contributed by atoms with van der Waals surface area (Å²) in [4.78, 5) is 38.6. The fourth-order valence-electron chi connectivity index (χ4n) is 3.36. The molecule has 3 rings (SSSR count). The van der Waals surface area contributed by atoms with Gasteiger partial charge in [0, 0.05) is 18.3 Å². The van der Waals surface area contributed by atoms with Gasteiger partial charge < -0.3 is 15.4 Å². The van der Waals surface area contributed by atoms with Crippen LogP contribution < -0.4 is 15.5 Å².